The lowest BCUT2D eigenvalue weighted by atomic mass is 10.2. The molecule has 0 saturated heterocycles. The van der Waals surface area contributed by atoms with E-state index in [2.05, 4.69) is 9.97 Å². The van der Waals surface area contributed by atoms with Crippen LogP contribution in [0, 0.1) is 0 Å². The first-order valence-electron chi connectivity index (χ1n) is 5.43. The molecule has 2 rings (SSSR count). The number of hydrogen-bond donors (Lipinski definition) is 0. The van der Waals surface area contributed by atoms with Gasteiger partial charge < -0.3 is 4.90 Å². The van der Waals surface area contributed by atoms with E-state index in [9.17, 15) is 4.79 Å². The lowest BCUT2D eigenvalue weighted by Gasteiger charge is -2.17. The molecule has 2 heterocycles. The van der Waals surface area contributed by atoms with Crippen molar-refractivity contribution in [1.29, 1.82) is 0 Å². The maximum absolute atomic E-state index is 12.1. The quantitative estimate of drug-likeness (QED) is 0.797. The summed E-state index contributed by atoms with van der Waals surface area (Å²) in [5.41, 5.74) is 1.56. The van der Waals surface area contributed by atoms with Crippen molar-refractivity contribution in [1.82, 2.24) is 14.9 Å². The zero-order valence-corrected chi connectivity index (χ0v) is 10.6. The van der Waals surface area contributed by atoms with Crippen LogP contribution in [-0.4, -0.2) is 27.8 Å². The predicted molar refractivity (Wildman–Crippen MR) is 69.3 cm³/mol. The van der Waals surface area contributed by atoms with Gasteiger partial charge in [0.1, 0.15) is 5.15 Å². The molecule has 0 spiro atoms. The second kappa shape index (κ2) is 5.60. The zero-order valence-electron chi connectivity index (χ0n) is 9.88. The lowest BCUT2D eigenvalue weighted by molar-refractivity contribution is 0.0785. The number of amides is 1. The summed E-state index contributed by atoms with van der Waals surface area (Å²) in [7, 11) is 1.75. The van der Waals surface area contributed by atoms with Crippen molar-refractivity contribution in [3.05, 3.63) is 59.1 Å². The van der Waals surface area contributed by atoms with E-state index in [1.54, 1.807) is 36.5 Å². The van der Waals surface area contributed by atoms with E-state index in [1.807, 2.05) is 12.1 Å². The summed E-state index contributed by atoms with van der Waals surface area (Å²) in [6, 6.07) is 6.97. The van der Waals surface area contributed by atoms with Gasteiger partial charge in [-0.25, -0.2) is 4.98 Å². The molecule has 0 aliphatic rings. The van der Waals surface area contributed by atoms with Crippen LogP contribution >= 0.6 is 11.6 Å². The van der Waals surface area contributed by atoms with E-state index in [-0.39, 0.29) is 5.91 Å². The van der Waals surface area contributed by atoms with Crippen molar-refractivity contribution in [3.8, 4) is 0 Å². The Hall–Kier alpha value is -1.94. The van der Waals surface area contributed by atoms with Crippen LogP contribution in [0.5, 0.6) is 0 Å². The molecule has 4 nitrogen and oxygen atoms in total. The van der Waals surface area contributed by atoms with Crippen LogP contribution in [0.1, 0.15) is 15.9 Å². The number of nitrogens with zero attached hydrogens (tertiary/aromatic N) is 3. The second-order valence-electron chi connectivity index (χ2n) is 3.88. The van der Waals surface area contributed by atoms with Crippen LogP contribution < -0.4 is 0 Å². The minimum absolute atomic E-state index is 0.0869. The van der Waals surface area contributed by atoms with Crippen molar-refractivity contribution < 1.29 is 4.79 Å². The van der Waals surface area contributed by atoms with Gasteiger partial charge in [0.25, 0.3) is 5.91 Å². The molecule has 0 fully saturated rings. The number of halogens is 1. The maximum atomic E-state index is 12.1. The van der Waals surface area contributed by atoms with E-state index in [4.69, 9.17) is 11.6 Å². The monoisotopic (exact) mass is 261 g/mol. The fraction of sp³-hybridized carbons (Fsp3) is 0.154. The number of rotatable bonds is 3. The van der Waals surface area contributed by atoms with Crippen LogP contribution in [-0.2, 0) is 6.54 Å². The largest absolute Gasteiger partial charge is 0.337 e. The van der Waals surface area contributed by atoms with Gasteiger partial charge in [-0.1, -0.05) is 11.6 Å². The standard InChI is InChI=1S/C13H12ClN3O/c1-17(9-10-2-5-15-6-3-10)13(18)11-4-7-16-12(14)8-11/h2-8H,9H2,1H3. The minimum Gasteiger partial charge on any atom is -0.337 e. The Morgan fingerprint density at radius 2 is 2.00 bits per heavy atom. The van der Waals surface area contributed by atoms with Gasteiger partial charge in [0, 0.05) is 37.7 Å². The highest BCUT2D eigenvalue weighted by Gasteiger charge is 2.12. The molecule has 92 valence electrons. The van der Waals surface area contributed by atoms with E-state index in [1.165, 1.54) is 6.20 Å². The minimum atomic E-state index is -0.0869. The molecule has 2 aromatic heterocycles. The van der Waals surface area contributed by atoms with Gasteiger partial charge in [-0.3, -0.25) is 9.78 Å². The maximum Gasteiger partial charge on any atom is 0.254 e. The molecule has 0 aliphatic carbocycles. The second-order valence-corrected chi connectivity index (χ2v) is 4.27. The fourth-order valence-corrected chi connectivity index (χ4v) is 1.76. The Labute approximate surface area is 110 Å². The molecule has 0 unspecified atom stereocenters. The van der Waals surface area contributed by atoms with Gasteiger partial charge in [-0.05, 0) is 29.8 Å². The first kappa shape index (κ1) is 12.5. The highest BCUT2D eigenvalue weighted by atomic mass is 35.5. The Morgan fingerprint density at radius 1 is 1.28 bits per heavy atom. The van der Waals surface area contributed by atoms with Crippen LogP contribution in [0.25, 0.3) is 0 Å². The summed E-state index contributed by atoms with van der Waals surface area (Å²) in [5, 5.41) is 0.318. The number of hydrogen-bond acceptors (Lipinski definition) is 3. The molecule has 5 heteroatoms. The molecule has 0 radical (unpaired) electrons. The van der Waals surface area contributed by atoms with E-state index < -0.39 is 0 Å². The van der Waals surface area contributed by atoms with Crippen molar-refractivity contribution in [2.75, 3.05) is 7.05 Å². The highest BCUT2D eigenvalue weighted by Crippen LogP contribution is 2.11. The van der Waals surface area contributed by atoms with Crippen molar-refractivity contribution in [2.24, 2.45) is 0 Å². The Kier molecular flexibility index (Phi) is 3.89. The molecule has 0 N–H and O–H groups in total. The third-order valence-corrected chi connectivity index (χ3v) is 2.70. The summed E-state index contributed by atoms with van der Waals surface area (Å²) in [6.07, 6.45) is 4.93. The normalized spacial score (nSPS) is 10.1. The third-order valence-electron chi connectivity index (χ3n) is 2.49. The van der Waals surface area contributed by atoms with E-state index >= 15 is 0 Å². The molecule has 0 aromatic carbocycles. The summed E-state index contributed by atoms with van der Waals surface area (Å²) < 4.78 is 0. The Bertz CT molecular complexity index is 545. The zero-order chi connectivity index (χ0) is 13.0. The molecule has 0 aliphatic heterocycles. The number of pyridine rings is 2. The molecule has 0 saturated carbocycles. The van der Waals surface area contributed by atoms with E-state index in [0.717, 1.165) is 5.56 Å². The summed E-state index contributed by atoms with van der Waals surface area (Å²) in [6.45, 7) is 0.529. The topological polar surface area (TPSA) is 46.1 Å². The molecule has 0 atom stereocenters. The molecule has 1 amide bonds. The van der Waals surface area contributed by atoms with Crippen LogP contribution in [0.15, 0.2) is 42.9 Å². The van der Waals surface area contributed by atoms with Crippen LogP contribution in [0.4, 0.5) is 0 Å². The van der Waals surface area contributed by atoms with Gasteiger partial charge in [0.15, 0.2) is 0 Å². The first-order chi connectivity index (χ1) is 8.66. The van der Waals surface area contributed by atoms with Gasteiger partial charge in [-0.2, -0.15) is 0 Å². The lowest BCUT2D eigenvalue weighted by Crippen LogP contribution is -2.26. The smallest absolute Gasteiger partial charge is 0.254 e. The third kappa shape index (κ3) is 3.05. The van der Waals surface area contributed by atoms with Crippen molar-refractivity contribution >= 4 is 17.5 Å². The number of aromatic nitrogens is 2. The SMILES string of the molecule is CN(Cc1ccncc1)C(=O)c1ccnc(Cl)c1. The summed E-state index contributed by atoms with van der Waals surface area (Å²) >= 11 is 5.76. The fourth-order valence-electron chi connectivity index (χ4n) is 1.59. The van der Waals surface area contributed by atoms with Gasteiger partial charge in [0.2, 0.25) is 0 Å². The molecule has 0 bridgehead atoms. The highest BCUT2D eigenvalue weighted by molar-refractivity contribution is 6.29. The average Bonchev–Trinajstić information content (AvgIpc) is 2.39. The Morgan fingerprint density at radius 3 is 2.67 bits per heavy atom. The van der Waals surface area contributed by atoms with Crippen LogP contribution in [0.3, 0.4) is 0 Å². The van der Waals surface area contributed by atoms with Gasteiger partial charge >= 0.3 is 0 Å². The Balaban J connectivity index is 2.10. The predicted octanol–water partition coefficient (Wildman–Crippen LogP) is 2.40. The molecule has 18 heavy (non-hydrogen) atoms. The molecular formula is C13H12ClN3O. The van der Waals surface area contributed by atoms with Crippen LogP contribution in [0.2, 0.25) is 5.15 Å². The molecular weight excluding hydrogens is 250 g/mol. The van der Waals surface area contributed by atoms with Gasteiger partial charge in [-0.15, -0.1) is 0 Å². The number of carbonyl (C=O) groups is 1. The summed E-state index contributed by atoms with van der Waals surface area (Å²) in [5.74, 6) is -0.0869. The average molecular weight is 262 g/mol. The molecule has 2 aromatic rings. The first-order valence-corrected chi connectivity index (χ1v) is 5.80. The van der Waals surface area contributed by atoms with Gasteiger partial charge in [0.05, 0.1) is 0 Å². The van der Waals surface area contributed by atoms with E-state index in [0.29, 0.717) is 17.3 Å². The van der Waals surface area contributed by atoms with Crippen molar-refractivity contribution in [3.63, 3.8) is 0 Å². The summed E-state index contributed by atoms with van der Waals surface area (Å²) in [4.78, 5) is 21.5. The number of carbonyl (C=O) groups excluding carboxylic acids is 1. The van der Waals surface area contributed by atoms with Crippen molar-refractivity contribution in [2.45, 2.75) is 6.54 Å².